The molecule has 0 bridgehead atoms. The predicted octanol–water partition coefficient (Wildman–Crippen LogP) is 5.65. The zero-order valence-corrected chi connectivity index (χ0v) is 19.1. The van der Waals surface area contributed by atoms with E-state index in [9.17, 15) is 17.2 Å². The van der Waals surface area contributed by atoms with Crippen molar-refractivity contribution in [3.05, 3.63) is 103 Å². The smallest absolute Gasteiger partial charge is 0.261 e. The van der Waals surface area contributed by atoms with E-state index in [-0.39, 0.29) is 16.3 Å². The van der Waals surface area contributed by atoms with Gasteiger partial charge >= 0.3 is 0 Å². The molecule has 0 unspecified atom stereocenters. The predicted molar refractivity (Wildman–Crippen MR) is 130 cm³/mol. The second kappa shape index (κ2) is 9.27. The van der Waals surface area contributed by atoms with Gasteiger partial charge < -0.3 is 5.32 Å². The maximum Gasteiger partial charge on any atom is 0.261 e. The van der Waals surface area contributed by atoms with Gasteiger partial charge in [0, 0.05) is 17.1 Å². The van der Waals surface area contributed by atoms with Crippen LogP contribution in [0.4, 0.5) is 30.4 Å². The average Bonchev–Trinajstić information content (AvgIpc) is 2.89. The van der Waals surface area contributed by atoms with Gasteiger partial charge in [0.15, 0.2) is 5.82 Å². The van der Waals surface area contributed by atoms with Gasteiger partial charge in [0.05, 0.1) is 16.1 Å². The molecule has 7 nitrogen and oxygen atoms in total. The molecular formula is C25H16F3N5O2S. The van der Waals surface area contributed by atoms with Crippen LogP contribution in [0.1, 0.15) is 0 Å². The molecule has 0 atom stereocenters. The molecule has 5 aromatic rings. The van der Waals surface area contributed by atoms with E-state index in [0.717, 1.165) is 12.1 Å². The first-order valence-corrected chi connectivity index (χ1v) is 12.0. The lowest BCUT2D eigenvalue weighted by atomic mass is 10.0. The number of halogens is 3. The minimum atomic E-state index is -4.12. The molecule has 0 radical (unpaired) electrons. The summed E-state index contributed by atoms with van der Waals surface area (Å²) in [6.45, 7) is 0. The van der Waals surface area contributed by atoms with Crippen LogP contribution in [0.2, 0.25) is 0 Å². The van der Waals surface area contributed by atoms with Gasteiger partial charge in [0.25, 0.3) is 10.0 Å². The number of pyridine rings is 1. The van der Waals surface area contributed by atoms with Crippen LogP contribution in [-0.4, -0.2) is 23.4 Å². The van der Waals surface area contributed by atoms with Gasteiger partial charge in [-0.25, -0.2) is 32.2 Å². The molecule has 2 N–H and O–H groups in total. The van der Waals surface area contributed by atoms with E-state index in [1.807, 2.05) is 0 Å². The van der Waals surface area contributed by atoms with Crippen molar-refractivity contribution >= 4 is 38.1 Å². The van der Waals surface area contributed by atoms with Crippen LogP contribution in [0.15, 0.2) is 90.2 Å². The van der Waals surface area contributed by atoms with Crippen LogP contribution >= 0.6 is 0 Å². The minimum absolute atomic E-state index is 0.0343. The largest absolute Gasteiger partial charge is 0.335 e. The lowest BCUT2D eigenvalue weighted by Gasteiger charge is -2.14. The molecular weight excluding hydrogens is 491 g/mol. The number of aromatic nitrogens is 3. The minimum Gasteiger partial charge on any atom is -0.335 e. The van der Waals surface area contributed by atoms with Crippen molar-refractivity contribution in [3.63, 3.8) is 0 Å². The van der Waals surface area contributed by atoms with E-state index >= 15 is 4.39 Å². The van der Waals surface area contributed by atoms with E-state index in [2.05, 4.69) is 25.0 Å². The summed E-state index contributed by atoms with van der Waals surface area (Å²) in [7, 11) is -4.12. The third-order valence-electron chi connectivity index (χ3n) is 5.34. The first-order chi connectivity index (χ1) is 17.3. The first kappa shape index (κ1) is 23.2. The second-order valence-electron chi connectivity index (χ2n) is 7.62. The monoisotopic (exact) mass is 507 g/mol. The Morgan fingerprint density at radius 1 is 0.806 bits per heavy atom. The summed E-state index contributed by atoms with van der Waals surface area (Å²) in [5.41, 5.74) is 0.0305. The van der Waals surface area contributed by atoms with Gasteiger partial charge in [-0.3, -0.25) is 4.72 Å². The number of rotatable bonds is 6. The van der Waals surface area contributed by atoms with Crippen LogP contribution in [0, 0.1) is 17.6 Å². The third-order valence-corrected chi connectivity index (χ3v) is 6.72. The number of nitrogens with one attached hydrogen (secondary N) is 2. The molecule has 2 aromatic heterocycles. The molecule has 0 amide bonds. The average molecular weight is 507 g/mol. The molecule has 36 heavy (non-hydrogen) atoms. The van der Waals surface area contributed by atoms with Gasteiger partial charge in [-0.1, -0.05) is 24.3 Å². The summed E-state index contributed by atoms with van der Waals surface area (Å²) in [4.78, 5) is 11.8. The maximum absolute atomic E-state index is 15.3. The summed E-state index contributed by atoms with van der Waals surface area (Å²) >= 11 is 0. The number of fused-ring (bicyclic) bond motifs is 1. The van der Waals surface area contributed by atoms with E-state index in [0.29, 0.717) is 16.5 Å². The zero-order chi connectivity index (χ0) is 25.3. The van der Waals surface area contributed by atoms with E-state index in [1.54, 1.807) is 36.4 Å². The van der Waals surface area contributed by atoms with Crippen LogP contribution in [0.5, 0.6) is 0 Å². The number of benzene rings is 3. The second-order valence-corrected chi connectivity index (χ2v) is 9.31. The first-order valence-electron chi connectivity index (χ1n) is 10.5. The molecule has 0 aliphatic rings. The summed E-state index contributed by atoms with van der Waals surface area (Å²) in [5.74, 6) is -2.79. The fourth-order valence-corrected chi connectivity index (χ4v) is 4.67. The van der Waals surface area contributed by atoms with E-state index < -0.39 is 39.0 Å². The molecule has 0 aliphatic heterocycles. The molecule has 11 heteroatoms. The van der Waals surface area contributed by atoms with Crippen molar-refractivity contribution in [2.45, 2.75) is 4.90 Å². The maximum atomic E-state index is 15.3. The van der Waals surface area contributed by atoms with Crippen molar-refractivity contribution in [2.24, 2.45) is 0 Å². The molecule has 180 valence electrons. The molecule has 0 aliphatic carbocycles. The quantitative estimate of drug-likeness (QED) is 0.288. The van der Waals surface area contributed by atoms with Gasteiger partial charge in [-0.05, 0) is 54.1 Å². The molecule has 3 aromatic carbocycles. The van der Waals surface area contributed by atoms with Crippen LogP contribution < -0.4 is 10.0 Å². The molecule has 0 fully saturated rings. The van der Waals surface area contributed by atoms with Crippen molar-refractivity contribution in [1.29, 1.82) is 0 Å². The summed E-state index contributed by atoms with van der Waals surface area (Å²) in [6, 6.07) is 17.2. The number of sulfonamides is 1. The Hall–Kier alpha value is -4.51. The van der Waals surface area contributed by atoms with Crippen molar-refractivity contribution in [2.75, 3.05) is 10.0 Å². The number of nitrogens with zero attached hydrogens (tertiary/aromatic N) is 3. The van der Waals surface area contributed by atoms with Crippen molar-refractivity contribution in [1.82, 2.24) is 15.0 Å². The molecule has 5 rings (SSSR count). The summed E-state index contributed by atoms with van der Waals surface area (Å²) < 4.78 is 71.6. The Morgan fingerprint density at radius 3 is 2.39 bits per heavy atom. The zero-order valence-electron chi connectivity index (χ0n) is 18.3. The highest BCUT2D eigenvalue weighted by atomic mass is 32.2. The number of anilines is 3. The topological polar surface area (TPSA) is 96.9 Å². The third kappa shape index (κ3) is 4.43. The van der Waals surface area contributed by atoms with E-state index in [4.69, 9.17) is 0 Å². The highest BCUT2D eigenvalue weighted by Crippen LogP contribution is 2.33. The van der Waals surface area contributed by atoms with Crippen LogP contribution in [0.3, 0.4) is 0 Å². The van der Waals surface area contributed by atoms with Gasteiger partial charge in [-0.2, -0.15) is 4.39 Å². The van der Waals surface area contributed by atoms with Crippen molar-refractivity contribution < 1.29 is 21.6 Å². The highest BCUT2D eigenvalue weighted by molar-refractivity contribution is 7.92. The summed E-state index contributed by atoms with van der Waals surface area (Å²) in [5, 5.41) is 2.95. The van der Waals surface area contributed by atoms with Gasteiger partial charge in [-0.15, -0.1) is 0 Å². The van der Waals surface area contributed by atoms with Gasteiger partial charge in [0.1, 0.15) is 23.6 Å². The molecule has 0 spiro atoms. The van der Waals surface area contributed by atoms with Crippen LogP contribution in [0.25, 0.3) is 22.0 Å². The Kier molecular flexibility index (Phi) is 5.98. The van der Waals surface area contributed by atoms with Gasteiger partial charge in [0.2, 0.25) is 5.95 Å². The molecule has 0 saturated carbocycles. The fraction of sp³-hybridized carbons (Fsp3) is 0. The Balaban J connectivity index is 1.54. The lowest BCUT2D eigenvalue weighted by Crippen LogP contribution is -2.14. The standard InChI is InChI=1S/C25H16F3N5O2S/c26-19-9-11-21(33-36(34,35)16-5-2-1-3-6-16)22(27)23(19)32-25-18-13-15(8-10-20(18)30-14-31-25)17-7-4-12-29-24(17)28/h1-14,33H,(H,30,31,32). The number of hydrogen-bond acceptors (Lipinski definition) is 6. The molecule has 2 heterocycles. The summed E-state index contributed by atoms with van der Waals surface area (Å²) in [6.07, 6.45) is 2.52. The molecule has 0 saturated heterocycles. The fourth-order valence-electron chi connectivity index (χ4n) is 3.59. The Labute approximate surface area is 203 Å². The Bertz CT molecular complexity index is 1700. The van der Waals surface area contributed by atoms with Crippen LogP contribution in [-0.2, 0) is 10.0 Å². The SMILES string of the molecule is O=S(=O)(Nc1ccc(F)c(Nc2ncnc3ccc(-c4cccnc4F)cc23)c1F)c1ccccc1. The number of hydrogen-bond donors (Lipinski definition) is 2. The normalized spacial score (nSPS) is 11.4. The Morgan fingerprint density at radius 2 is 1.61 bits per heavy atom. The van der Waals surface area contributed by atoms with E-state index in [1.165, 1.54) is 36.8 Å². The lowest BCUT2D eigenvalue weighted by molar-refractivity contribution is 0.587. The highest BCUT2D eigenvalue weighted by Gasteiger charge is 2.21. The van der Waals surface area contributed by atoms with Crippen molar-refractivity contribution in [3.8, 4) is 11.1 Å².